The summed E-state index contributed by atoms with van der Waals surface area (Å²) in [5.41, 5.74) is 0.770. The van der Waals surface area contributed by atoms with Crippen LogP contribution >= 0.6 is 0 Å². The minimum atomic E-state index is -0.796. The van der Waals surface area contributed by atoms with Gasteiger partial charge >= 0.3 is 11.9 Å². The first-order valence-corrected chi connectivity index (χ1v) is 10.6. The molecule has 0 spiro atoms. The van der Waals surface area contributed by atoms with Gasteiger partial charge in [0.1, 0.15) is 23.1 Å². The molecule has 9 nitrogen and oxygen atoms in total. The standard InChI is InChI=1S/C23H26N4O5/c1-4-31-22(29)16-8-11-26(12-9-16)20-18(13-17(14-24)23(30)32-5-2)21(28)27-10-6-7-15(3)19(27)25-20/h6-7,10,13,16H,4-5,8-9,11-12H2,1-3H3. The van der Waals surface area contributed by atoms with E-state index in [4.69, 9.17) is 14.5 Å². The molecule has 0 unspecified atom stereocenters. The van der Waals surface area contributed by atoms with Gasteiger partial charge in [0.15, 0.2) is 0 Å². The molecule has 9 heteroatoms. The molecule has 2 aromatic heterocycles. The van der Waals surface area contributed by atoms with Crippen molar-refractivity contribution >= 4 is 29.5 Å². The Morgan fingerprint density at radius 3 is 2.56 bits per heavy atom. The van der Waals surface area contributed by atoms with Gasteiger partial charge in [-0.25, -0.2) is 9.78 Å². The molecule has 0 amide bonds. The maximum atomic E-state index is 13.3. The van der Waals surface area contributed by atoms with Crippen molar-refractivity contribution in [2.75, 3.05) is 31.2 Å². The lowest BCUT2D eigenvalue weighted by Gasteiger charge is -2.32. The van der Waals surface area contributed by atoms with Gasteiger partial charge in [-0.2, -0.15) is 5.26 Å². The number of nitrogens with zero attached hydrogens (tertiary/aromatic N) is 4. The van der Waals surface area contributed by atoms with Gasteiger partial charge in [0, 0.05) is 19.3 Å². The lowest BCUT2D eigenvalue weighted by molar-refractivity contribution is -0.148. The second kappa shape index (κ2) is 10.1. The largest absolute Gasteiger partial charge is 0.466 e. The quantitative estimate of drug-likeness (QED) is 0.383. The summed E-state index contributed by atoms with van der Waals surface area (Å²) < 4.78 is 11.5. The van der Waals surface area contributed by atoms with Crippen LogP contribution in [0.2, 0.25) is 0 Å². The molecule has 1 fully saturated rings. The molecule has 0 atom stereocenters. The van der Waals surface area contributed by atoms with Crippen molar-refractivity contribution in [3.05, 3.63) is 45.4 Å². The highest BCUT2D eigenvalue weighted by atomic mass is 16.5. The SMILES string of the molecule is CCOC(=O)C(C#N)=Cc1c(N2CCC(C(=O)OCC)CC2)nc2c(C)cccn2c1=O. The van der Waals surface area contributed by atoms with Crippen LogP contribution in [0.15, 0.2) is 28.7 Å². The number of nitriles is 1. The number of pyridine rings is 1. The minimum absolute atomic E-state index is 0.111. The van der Waals surface area contributed by atoms with Crippen LogP contribution in [-0.4, -0.2) is 47.6 Å². The second-order valence-electron chi connectivity index (χ2n) is 7.44. The summed E-state index contributed by atoms with van der Waals surface area (Å²) in [5, 5.41) is 9.47. The number of aromatic nitrogens is 2. The molecule has 1 saturated heterocycles. The summed E-state index contributed by atoms with van der Waals surface area (Å²) in [5.74, 6) is -0.842. The summed E-state index contributed by atoms with van der Waals surface area (Å²) in [4.78, 5) is 44.3. The van der Waals surface area contributed by atoms with Gasteiger partial charge in [0.2, 0.25) is 0 Å². The highest BCUT2D eigenvalue weighted by Crippen LogP contribution is 2.26. The molecule has 3 rings (SSSR count). The van der Waals surface area contributed by atoms with Crippen LogP contribution in [0.25, 0.3) is 11.7 Å². The summed E-state index contributed by atoms with van der Waals surface area (Å²) in [6.07, 6.45) is 3.96. The first-order valence-electron chi connectivity index (χ1n) is 10.6. The predicted molar refractivity (Wildman–Crippen MR) is 118 cm³/mol. The van der Waals surface area contributed by atoms with Gasteiger partial charge in [-0.05, 0) is 51.3 Å². The summed E-state index contributed by atoms with van der Waals surface area (Å²) in [6, 6.07) is 5.41. The third-order valence-corrected chi connectivity index (χ3v) is 5.38. The van der Waals surface area contributed by atoms with Crippen LogP contribution in [0.3, 0.4) is 0 Å². The number of piperidine rings is 1. The molecule has 0 bridgehead atoms. The van der Waals surface area contributed by atoms with Crippen LogP contribution in [0.5, 0.6) is 0 Å². The number of carbonyl (C=O) groups is 2. The Morgan fingerprint density at radius 2 is 1.94 bits per heavy atom. The third-order valence-electron chi connectivity index (χ3n) is 5.38. The Kier molecular flexibility index (Phi) is 7.25. The fourth-order valence-corrected chi connectivity index (χ4v) is 3.74. The van der Waals surface area contributed by atoms with Gasteiger partial charge in [-0.15, -0.1) is 0 Å². The Bertz CT molecular complexity index is 1150. The molecule has 2 aromatic rings. The summed E-state index contributed by atoms with van der Waals surface area (Å²) in [7, 11) is 0. The van der Waals surface area contributed by atoms with Crippen molar-refractivity contribution in [3.8, 4) is 6.07 Å². The van der Waals surface area contributed by atoms with E-state index in [9.17, 15) is 19.6 Å². The van der Waals surface area contributed by atoms with Crippen molar-refractivity contribution in [2.24, 2.45) is 5.92 Å². The molecule has 1 aliphatic rings. The third kappa shape index (κ3) is 4.64. The molecular weight excluding hydrogens is 412 g/mol. The number of hydrogen-bond acceptors (Lipinski definition) is 8. The van der Waals surface area contributed by atoms with E-state index >= 15 is 0 Å². The Labute approximate surface area is 185 Å². The van der Waals surface area contributed by atoms with E-state index in [0.717, 1.165) is 5.56 Å². The lowest BCUT2D eigenvalue weighted by Crippen LogP contribution is -2.39. The Balaban J connectivity index is 2.09. The molecule has 0 radical (unpaired) electrons. The molecule has 0 N–H and O–H groups in total. The molecule has 0 aliphatic carbocycles. The zero-order chi connectivity index (χ0) is 23.3. The first kappa shape index (κ1) is 23.0. The van der Waals surface area contributed by atoms with Gasteiger partial charge < -0.3 is 14.4 Å². The van der Waals surface area contributed by atoms with Crippen molar-refractivity contribution < 1.29 is 19.1 Å². The number of fused-ring (bicyclic) bond motifs is 1. The zero-order valence-electron chi connectivity index (χ0n) is 18.5. The van der Waals surface area contributed by atoms with Crippen LogP contribution in [0, 0.1) is 24.2 Å². The Hall–Kier alpha value is -3.67. The fraction of sp³-hybridized carbons (Fsp3) is 0.435. The van der Waals surface area contributed by atoms with Crippen LogP contribution < -0.4 is 10.5 Å². The van der Waals surface area contributed by atoms with Gasteiger partial charge in [-0.3, -0.25) is 14.0 Å². The van der Waals surface area contributed by atoms with E-state index in [0.29, 0.717) is 44.0 Å². The highest BCUT2D eigenvalue weighted by Gasteiger charge is 2.29. The van der Waals surface area contributed by atoms with Crippen molar-refractivity contribution in [2.45, 2.75) is 33.6 Å². The summed E-state index contributed by atoms with van der Waals surface area (Å²) in [6.45, 7) is 6.69. The molecular formula is C23H26N4O5. The Morgan fingerprint density at radius 1 is 1.25 bits per heavy atom. The van der Waals surface area contributed by atoms with E-state index in [2.05, 4.69) is 0 Å². The fourth-order valence-electron chi connectivity index (χ4n) is 3.74. The van der Waals surface area contributed by atoms with Crippen molar-refractivity contribution in [1.29, 1.82) is 5.26 Å². The van der Waals surface area contributed by atoms with Crippen LogP contribution in [0.4, 0.5) is 5.82 Å². The number of anilines is 1. The smallest absolute Gasteiger partial charge is 0.348 e. The number of aryl methyl sites for hydroxylation is 1. The number of carbonyl (C=O) groups excluding carboxylic acids is 2. The maximum Gasteiger partial charge on any atom is 0.348 e. The number of ether oxygens (including phenoxy) is 2. The number of hydrogen-bond donors (Lipinski definition) is 0. The van der Waals surface area contributed by atoms with E-state index in [1.54, 1.807) is 26.1 Å². The highest BCUT2D eigenvalue weighted by molar-refractivity contribution is 5.98. The van der Waals surface area contributed by atoms with Gasteiger partial charge in [0.05, 0.1) is 24.7 Å². The summed E-state index contributed by atoms with van der Waals surface area (Å²) >= 11 is 0. The van der Waals surface area contributed by atoms with Gasteiger partial charge in [0.25, 0.3) is 5.56 Å². The molecule has 0 aromatic carbocycles. The second-order valence-corrected chi connectivity index (χ2v) is 7.44. The minimum Gasteiger partial charge on any atom is -0.466 e. The van der Waals surface area contributed by atoms with E-state index in [1.807, 2.05) is 24.0 Å². The maximum absolute atomic E-state index is 13.3. The normalized spacial score (nSPS) is 14.8. The molecule has 168 valence electrons. The van der Waals surface area contributed by atoms with Crippen LogP contribution in [0.1, 0.15) is 37.8 Å². The van der Waals surface area contributed by atoms with Crippen LogP contribution in [-0.2, 0) is 19.1 Å². The van der Waals surface area contributed by atoms with Gasteiger partial charge in [-0.1, -0.05) is 6.07 Å². The average molecular weight is 438 g/mol. The van der Waals surface area contributed by atoms with Crippen molar-refractivity contribution in [1.82, 2.24) is 9.38 Å². The number of esters is 2. The molecule has 32 heavy (non-hydrogen) atoms. The molecule has 1 aliphatic heterocycles. The van der Waals surface area contributed by atoms with E-state index < -0.39 is 11.5 Å². The molecule has 3 heterocycles. The molecule has 0 saturated carbocycles. The zero-order valence-corrected chi connectivity index (χ0v) is 18.5. The lowest BCUT2D eigenvalue weighted by atomic mass is 9.96. The average Bonchev–Trinajstić information content (AvgIpc) is 2.79. The van der Waals surface area contributed by atoms with E-state index in [1.165, 1.54) is 10.5 Å². The van der Waals surface area contributed by atoms with Crippen molar-refractivity contribution in [3.63, 3.8) is 0 Å². The first-order chi connectivity index (χ1) is 15.4. The van der Waals surface area contributed by atoms with E-state index in [-0.39, 0.29) is 29.6 Å². The topological polar surface area (TPSA) is 114 Å². The monoisotopic (exact) mass is 438 g/mol. The predicted octanol–water partition coefficient (Wildman–Crippen LogP) is 2.25. The number of rotatable bonds is 6.